The number of esters is 1. The molecule has 0 heterocycles. The van der Waals surface area contributed by atoms with Crippen molar-refractivity contribution in [2.45, 2.75) is 38.5 Å². The van der Waals surface area contributed by atoms with Gasteiger partial charge in [-0.2, -0.15) is 0 Å². The predicted octanol–water partition coefficient (Wildman–Crippen LogP) is 2.93. The summed E-state index contributed by atoms with van der Waals surface area (Å²) in [4.78, 5) is 25.0. The number of rotatable bonds is 5. The maximum atomic E-state index is 12.8. The quantitative estimate of drug-likeness (QED) is 0.659. The summed E-state index contributed by atoms with van der Waals surface area (Å²) in [6.07, 6.45) is 6.86. The summed E-state index contributed by atoms with van der Waals surface area (Å²) < 4.78 is 10.5. The summed E-state index contributed by atoms with van der Waals surface area (Å²) >= 11 is 0. The molecule has 4 fully saturated rings. The summed E-state index contributed by atoms with van der Waals surface area (Å²) in [5, 5.41) is 2.84. The highest BCUT2D eigenvalue weighted by Gasteiger charge is 2.54. The third-order valence-electron chi connectivity index (χ3n) is 6.21. The Balaban J connectivity index is 1.35. The molecular formula is C20H25NO4. The van der Waals surface area contributed by atoms with Gasteiger partial charge in [0.25, 0.3) is 0 Å². The Kier molecular flexibility index (Phi) is 4.18. The lowest BCUT2D eigenvalue weighted by atomic mass is 9.49. The molecule has 1 N–H and O–H groups in total. The Morgan fingerprint density at radius 1 is 1.04 bits per heavy atom. The molecule has 0 atom stereocenters. The fourth-order valence-electron chi connectivity index (χ4n) is 5.59. The van der Waals surface area contributed by atoms with E-state index in [2.05, 4.69) is 5.32 Å². The van der Waals surface area contributed by atoms with Crippen LogP contribution in [-0.4, -0.2) is 25.5 Å². The van der Waals surface area contributed by atoms with Crippen LogP contribution in [0.2, 0.25) is 0 Å². The minimum Gasteiger partial charge on any atom is -0.493 e. The first kappa shape index (κ1) is 16.4. The van der Waals surface area contributed by atoms with Crippen molar-refractivity contribution in [2.75, 3.05) is 13.7 Å². The summed E-state index contributed by atoms with van der Waals surface area (Å²) in [5.74, 6) is 2.57. The number of nitrogens with one attached hydrogen (secondary N) is 1. The Morgan fingerprint density at radius 3 is 2.16 bits per heavy atom. The van der Waals surface area contributed by atoms with Crippen molar-refractivity contribution in [1.29, 1.82) is 0 Å². The van der Waals surface area contributed by atoms with Crippen molar-refractivity contribution in [3.8, 4) is 11.5 Å². The summed E-state index contributed by atoms with van der Waals surface area (Å²) in [5.41, 5.74) is -0.237. The fraction of sp³-hybridized carbons (Fsp3) is 0.600. The van der Waals surface area contributed by atoms with Gasteiger partial charge in [-0.3, -0.25) is 4.79 Å². The van der Waals surface area contributed by atoms with Gasteiger partial charge in [0.2, 0.25) is 5.91 Å². The van der Waals surface area contributed by atoms with Crippen molar-refractivity contribution < 1.29 is 19.1 Å². The average Bonchev–Trinajstić information content (AvgIpc) is 2.59. The SMILES string of the molecule is COc1ccccc1OC(=O)CNC(=O)C12CC3CC(CC(C3)C1)C2. The topological polar surface area (TPSA) is 64.6 Å². The Morgan fingerprint density at radius 2 is 1.60 bits per heavy atom. The lowest BCUT2D eigenvalue weighted by Gasteiger charge is -2.55. The number of methoxy groups -OCH3 is 1. The zero-order valence-electron chi connectivity index (χ0n) is 14.6. The van der Waals surface area contributed by atoms with Crippen molar-refractivity contribution >= 4 is 11.9 Å². The van der Waals surface area contributed by atoms with Crippen LogP contribution in [0.4, 0.5) is 0 Å². The summed E-state index contributed by atoms with van der Waals surface area (Å²) in [6, 6.07) is 7.00. The molecule has 0 aromatic heterocycles. The zero-order valence-corrected chi connectivity index (χ0v) is 14.6. The molecular weight excluding hydrogens is 318 g/mol. The maximum Gasteiger partial charge on any atom is 0.330 e. The van der Waals surface area contributed by atoms with Gasteiger partial charge in [-0.05, 0) is 68.4 Å². The Bertz CT molecular complexity index is 649. The molecule has 1 aromatic carbocycles. The number of carbonyl (C=O) groups excluding carboxylic acids is 2. The number of hydrogen-bond donors (Lipinski definition) is 1. The molecule has 5 rings (SSSR count). The normalized spacial score (nSPS) is 32.3. The van der Waals surface area contributed by atoms with E-state index in [1.807, 2.05) is 6.07 Å². The van der Waals surface area contributed by atoms with E-state index in [9.17, 15) is 9.59 Å². The number of para-hydroxylation sites is 2. The molecule has 4 aliphatic rings. The molecule has 4 bridgehead atoms. The second-order valence-electron chi connectivity index (χ2n) is 8.01. The first-order valence-electron chi connectivity index (χ1n) is 9.20. The van der Waals surface area contributed by atoms with Crippen LogP contribution in [0, 0.1) is 23.2 Å². The zero-order chi connectivity index (χ0) is 17.4. The van der Waals surface area contributed by atoms with E-state index in [0.717, 1.165) is 19.3 Å². The Labute approximate surface area is 148 Å². The highest BCUT2D eigenvalue weighted by atomic mass is 16.6. The van der Waals surface area contributed by atoms with Gasteiger partial charge >= 0.3 is 5.97 Å². The van der Waals surface area contributed by atoms with Crippen LogP contribution in [0.25, 0.3) is 0 Å². The average molecular weight is 343 g/mol. The predicted molar refractivity (Wildman–Crippen MR) is 92.2 cm³/mol. The summed E-state index contributed by atoms with van der Waals surface area (Å²) in [6.45, 7) is -0.0986. The minimum absolute atomic E-state index is 0.0450. The van der Waals surface area contributed by atoms with Gasteiger partial charge in [0, 0.05) is 5.41 Å². The van der Waals surface area contributed by atoms with Crippen molar-refractivity contribution in [3.63, 3.8) is 0 Å². The maximum absolute atomic E-state index is 12.8. The molecule has 0 radical (unpaired) electrons. The third-order valence-corrected chi connectivity index (χ3v) is 6.21. The van der Waals surface area contributed by atoms with Crippen LogP contribution in [0.1, 0.15) is 38.5 Å². The molecule has 0 saturated heterocycles. The lowest BCUT2D eigenvalue weighted by molar-refractivity contribution is -0.148. The summed E-state index contributed by atoms with van der Waals surface area (Å²) in [7, 11) is 1.53. The van der Waals surface area contributed by atoms with Gasteiger partial charge < -0.3 is 14.8 Å². The van der Waals surface area contributed by atoms with Crippen LogP contribution < -0.4 is 14.8 Å². The van der Waals surface area contributed by atoms with Crippen molar-refractivity contribution in [3.05, 3.63) is 24.3 Å². The van der Waals surface area contributed by atoms with Crippen LogP contribution in [-0.2, 0) is 9.59 Å². The van der Waals surface area contributed by atoms with Crippen molar-refractivity contribution in [2.24, 2.45) is 23.2 Å². The van der Waals surface area contributed by atoms with E-state index < -0.39 is 5.97 Å². The smallest absolute Gasteiger partial charge is 0.330 e. The Hall–Kier alpha value is -2.04. The van der Waals surface area contributed by atoms with E-state index in [4.69, 9.17) is 9.47 Å². The van der Waals surface area contributed by atoms with Crippen molar-refractivity contribution in [1.82, 2.24) is 5.32 Å². The molecule has 5 nitrogen and oxygen atoms in total. The monoisotopic (exact) mass is 343 g/mol. The molecule has 0 unspecified atom stereocenters. The van der Waals surface area contributed by atoms with E-state index in [1.54, 1.807) is 18.2 Å². The van der Waals surface area contributed by atoms with Crippen LogP contribution >= 0.6 is 0 Å². The van der Waals surface area contributed by atoms with E-state index in [-0.39, 0.29) is 17.9 Å². The molecule has 0 aliphatic heterocycles. The number of ether oxygens (including phenoxy) is 2. The molecule has 1 amide bonds. The van der Waals surface area contributed by atoms with Crippen LogP contribution in [0.5, 0.6) is 11.5 Å². The lowest BCUT2D eigenvalue weighted by Crippen LogP contribution is -2.54. The van der Waals surface area contributed by atoms with Crippen LogP contribution in [0.3, 0.4) is 0 Å². The van der Waals surface area contributed by atoms with Crippen LogP contribution in [0.15, 0.2) is 24.3 Å². The minimum atomic E-state index is -0.470. The van der Waals surface area contributed by atoms with Gasteiger partial charge in [0.1, 0.15) is 6.54 Å². The number of hydrogen-bond acceptors (Lipinski definition) is 4. The second kappa shape index (κ2) is 6.36. The first-order chi connectivity index (χ1) is 12.1. The van der Waals surface area contributed by atoms with Gasteiger partial charge in [0.05, 0.1) is 7.11 Å². The standard InChI is InChI=1S/C20H25NO4/c1-24-16-4-2-3-5-17(16)25-18(22)12-21-19(23)20-9-13-6-14(10-20)8-15(7-13)11-20/h2-5,13-15H,6-12H2,1H3,(H,21,23). The van der Waals surface area contributed by atoms with E-state index in [0.29, 0.717) is 29.3 Å². The third kappa shape index (κ3) is 3.12. The number of benzene rings is 1. The fourth-order valence-corrected chi connectivity index (χ4v) is 5.59. The number of carbonyl (C=O) groups is 2. The molecule has 25 heavy (non-hydrogen) atoms. The van der Waals surface area contributed by atoms with Gasteiger partial charge in [-0.15, -0.1) is 0 Å². The molecule has 4 saturated carbocycles. The first-order valence-corrected chi connectivity index (χ1v) is 9.20. The molecule has 134 valence electrons. The highest BCUT2D eigenvalue weighted by molar-refractivity contribution is 5.87. The molecule has 5 heteroatoms. The molecule has 1 aromatic rings. The van der Waals surface area contributed by atoms with E-state index in [1.165, 1.54) is 26.4 Å². The molecule has 0 spiro atoms. The van der Waals surface area contributed by atoms with Gasteiger partial charge in [0.15, 0.2) is 11.5 Å². The highest BCUT2D eigenvalue weighted by Crippen LogP contribution is 2.60. The second-order valence-corrected chi connectivity index (χ2v) is 8.01. The van der Waals surface area contributed by atoms with Gasteiger partial charge in [-0.25, -0.2) is 4.79 Å². The van der Waals surface area contributed by atoms with Gasteiger partial charge in [-0.1, -0.05) is 12.1 Å². The molecule has 4 aliphatic carbocycles. The van der Waals surface area contributed by atoms with E-state index >= 15 is 0 Å². The number of amides is 1. The largest absolute Gasteiger partial charge is 0.493 e.